The molecular formula is C27H28N2O2S. The number of hydrogen-bond donors (Lipinski definition) is 1. The molecule has 1 aliphatic rings. The van der Waals surface area contributed by atoms with E-state index in [1.54, 1.807) is 16.7 Å². The van der Waals surface area contributed by atoms with Crippen molar-refractivity contribution in [3.63, 3.8) is 0 Å². The van der Waals surface area contributed by atoms with E-state index in [-0.39, 0.29) is 30.1 Å². The zero-order valence-corrected chi connectivity index (χ0v) is 19.7. The molecule has 3 aromatic carbocycles. The molecule has 0 aliphatic carbocycles. The van der Waals surface area contributed by atoms with E-state index < -0.39 is 0 Å². The Labute approximate surface area is 194 Å². The van der Waals surface area contributed by atoms with Gasteiger partial charge in [-0.15, -0.1) is 0 Å². The molecule has 1 heterocycles. The molecule has 4 rings (SSSR count). The fourth-order valence-electron chi connectivity index (χ4n) is 4.07. The summed E-state index contributed by atoms with van der Waals surface area (Å²) in [5.41, 5.74) is 4.65. The Morgan fingerprint density at radius 1 is 0.781 bits per heavy atom. The second-order valence-electron chi connectivity index (χ2n) is 8.61. The number of para-hydroxylation sites is 3. The first-order chi connectivity index (χ1) is 15.4. The summed E-state index contributed by atoms with van der Waals surface area (Å²) in [5, 5.41) is 3.07. The second kappa shape index (κ2) is 9.21. The Morgan fingerprint density at radius 2 is 1.28 bits per heavy atom. The summed E-state index contributed by atoms with van der Waals surface area (Å²) in [6, 6.07) is 21.8. The summed E-state index contributed by atoms with van der Waals surface area (Å²) in [5.74, 6) is -0.0100. The highest BCUT2D eigenvalue weighted by Crippen LogP contribution is 2.48. The van der Waals surface area contributed by atoms with Gasteiger partial charge >= 0.3 is 0 Å². The molecule has 1 N–H and O–H groups in total. The van der Waals surface area contributed by atoms with Gasteiger partial charge in [0.05, 0.1) is 11.4 Å². The summed E-state index contributed by atoms with van der Waals surface area (Å²) >= 11 is 1.64. The minimum atomic E-state index is -0.293. The topological polar surface area (TPSA) is 49.4 Å². The normalized spacial score (nSPS) is 12.5. The van der Waals surface area contributed by atoms with Gasteiger partial charge in [-0.3, -0.25) is 14.5 Å². The average Bonchev–Trinajstić information content (AvgIpc) is 2.76. The van der Waals surface area contributed by atoms with E-state index in [4.69, 9.17) is 0 Å². The summed E-state index contributed by atoms with van der Waals surface area (Å²) in [6.45, 7) is 8.44. The van der Waals surface area contributed by atoms with Crippen LogP contribution in [0.25, 0.3) is 0 Å². The van der Waals surface area contributed by atoms with Crippen molar-refractivity contribution in [2.75, 3.05) is 10.2 Å². The van der Waals surface area contributed by atoms with E-state index in [9.17, 15) is 9.59 Å². The van der Waals surface area contributed by atoms with Crippen molar-refractivity contribution in [1.29, 1.82) is 0 Å². The number of fused-ring (bicyclic) bond motifs is 2. The molecule has 0 fully saturated rings. The third kappa shape index (κ3) is 4.30. The zero-order chi connectivity index (χ0) is 22.8. The zero-order valence-electron chi connectivity index (χ0n) is 18.9. The van der Waals surface area contributed by atoms with Crippen LogP contribution in [-0.2, 0) is 9.59 Å². The van der Waals surface area contributed by atoms with Crippen LogP contribution in [0.2, 0.25) is 0 Å². The van der Waals surface area contributed by atoms with E-state index in [2.05, 4.69) is 33.0 Å². The molecule has 32 heavy (non-hydrogen) atoms. The van der Waals surface area contributed by atoms with Crippen molar-refractivity contribution in [3.8, 4) is 0 Å². The number of anilines is 3. The lowest BCUT2D eigenvalue weighted by Crippen LogP contribution is -2.32. The molecule has 164 valence electrons. The van der Waals surface area contributed by atoms with E-state index in [0.29, 0.717) is 0 Å². The Morgan fingerprint density at radius 3 is 1.78 bits per heavy atom. The van der Waals surface area contributed by atoms with Crippen LogP contribution >= 0.6 is 11.8 Å². The minimum absolute atomic E-state index is 0.225. The van der Waals surface area contributed by atoms with Crippen LogP contribution in [0, 0.1) is 0 Å². The first-order valence-electron chi connectivity index (χ1n) is 11.0. The summed E-state index contributed by atoms with van der Waals surface area (Å²) in [6.07, 6.45) is -0.225. The van der Waals surface area contributed by atoms with Gasteiger partial charge in [-0.25, -0.2) is 0 Å². The third-order valence-corrected chi connectivity index (χ3v) is 6.76. The molecule has 1 aliphatic heterocycles. The molecule has 0 bridgehead atoms. The maximum Gasteiger partial charge on any atom is 0.241 e. The van der Waals surface area contributed by atoms with Gasteiger partial charge in [0, 0.05) is 15.5 Å². The largest absolute Gasteiger partial charge is 0.325 e. The Balaban J connectivity index is 1.62. The number of hydrogen-bond acceptors (Lipinski definition) is 3. The molecule has 2 amide bonds. The van der Waals surface area contributed by atoms with Crippen molar-refractivity contribution >= 4 is 40.6 Å². The molecular weight excluding hydrogens is 416 g/mol. The quantitative estimate of drug-likeness (QED) is 0.427. The predicted molar refractivity (Wildman–Crippen MR) is 132 cm³/mol. The summed E-state index contributed by atoms with van der Waals surface area (Å²) in [4.78, 5) is 30.2. The standard InChI is InChI=1S/C27H28N2O2S/c1-17(2)19-10-9-11-20(18(3)4)27(19)28-25(30)16-26(31)29-21-12-5-7-14-23(21)32-24-15-8-6-13-22(24)29/h5-15,17-18H,16H2,1-4H3,(H,28,30). The third-order valence-electron chi connectivity index (χ3n) is 5.63. The number of amides is 2. The van der Waals surface area contributed by atoms with Crippen LogP contribution in [0.5, 0.6) is 0 Å². The number of nitrogens with one attached hydrogen (secondary N) is 1. The van der Waals surface area contributed by atoms with Gasteiger partial charge in [0.25, 0.3) is 0 Å². The molecule has 0 unspecified atom stereocenters. The molecule has 0 spiro atoms. The van der Waals surface area contributed by atoms with E-state index in [1.807, 2.05) is 66.7 Å². The SMILES string of the molecule is CC(C)c1cccc(C(C)C)c1NC(=O)CC(=O)N1c2ccccc2Sc2ccccc21. The lowest BCUT2D eigenvalue weighted by molar-refractivity contribution is -0.124. The van der Waals surface area contributed by atoms with Gasteiger partial charge in [-0.1, -0.05) is 81.9 Å². The lowest BCUT2D eigenvalue weighted by Gasteiger charge is -2.31. The molecule has 0 aromatic heterocycles. The van der Waals surface area contributed by atoms with Crippen LogP contribution in [0.4, 0.5) is 17.1 Å². The highest BCUT2D eigenvalue weighted by Gasteiger charge is 2.29. The summed E-state index contributed by atoms with van der Waals surface area (Å²) < 4.78 is 0. The fourth-order valence-corrected chi connectivity index (χ4v) is 5.13. The average molecular weight is 445 g/mol. The van der Waals surface area contributed by atoms with Crippen molar-refractivity contribution in [3.05, 3.63) is 77.9 Å². The van der Waals surface area contributed by atoms with Crippen LogP contribution in [0.3, 0.4) is 0 Å². The van der Waals surface area contributed by atoms with Crippen LogP contribution in [0.1, 0.15) is 57.1 Å². The molecule has 5 heteroatoms. The van der Waals surface area contributed by atoms with E-state index >= 15 is 0 Å². The first-order valence-corrected chi connectivity index (χ1v) is 11.8. The number of rotatable bonds is 5. The number of nitrogens with zero attached hydrogens (tertiary/aromatic N) is 1. The highest BCUT2D eigenvalue weighted by atomic mass is 32.2. The maximum atomic E-state index is 13.4. The molecule has 0 saturated heterocycles. The number of carbonyl (C=O) groups is 2. The Hall–Kier alpha value is -3.05. The van der Waals surface area contributed by atoms with Crippen molar-refractivity contribution in [2.45, 2.75) is 55.7 Å². The molecule has 0 saturated carbocycles. The lowest BCUT2D eigenvalue weighted by atomic mass is 9.92. The first kappa shape index (κ1) is 22.2. The monoisotopic (exact) mass is 444 g/mol. The van der Waals surface area contributed by atoms with Crippen molar-refractivity contribution in [1.82, 2.24) is 0 Å². The smallest absolute Gasteiger partial charge is 0.241 e. The van der Waals surface area contributed by atoms with Gasteiger partial charge in [-0.2, -0.15) is 0 Å². The molecule has 3 aromatic rings. The minimum Gasteiger partial charge on any atom is -0.325 e. The van der Waals surface area contributed by atoms with Gasteiger partial charge < -0.3 is 5.32 Å². The predicted octanol–water partition coefficient (Wildman–Crippen LogP) is 7.09. The highest BCUT2D eigenvalue weighted by molar-refractivity contribution is 7.99. The number of benzene rings is 3. The fraction of sp³-hybridized carbons (Fsp3) is 0.259. The van der Waals surface area contributed by atoms with Crippen molar-refractivity contribution in [2.24, 2.45) is 0 Å². The van der Waals surface area contributed by atoms with Crippen LogP contribution in [-0.4, -0.2) is 11.8 Å². The number of carbonyl (C=O) groups excluding carboxylic acids is 2. The van der Waals surface area contributed by atoms with Crippen LogP contribution in [0.15, 0.2) is 76.5 Å². The van der Waals surface area contributed by atoms with Crippen LogP contribution < -0.4 is 10.2 Å². The van der Waals surface area contributed by atoms with E-state index in [0.717, 1.165) is 38.0 Å². The van der Waals surface area contributed by atoms with Gasteiger partial charge in [0.2, 0.25) is 11.8 Å². The summed E-state index contributed by atoms with van der Waals surface area (Å²) in [7, 11) is 0. The molecule has 0 atom stereocenters. The maximum absolute atomic E-state index is 13.4. The van der Waals surface area contributed by atoms with E-state index in [1.165, 1.54) is 0 Å². The van der Waals surface area contributed by atoms with Gasteiger partial charge in [-0.05, 0) is 47.2 Å². The Kier molecular flexibility index (Phi) is 6.38. The Bertz CT molecular complexity index is 1100. The van der Waals surface area contributed by atoms with Gasteiger partial charge in [0.15, 0.2) is 0 Å². The molecule has 4 nitrogen and oxygen atoms in total. The second-order valence-corrected chi connectivity index (χ2v) is 9.70. The van der Waals surface area contributed by atoms with Gasteiger partial charge in [0.1, 0.15) is 6.42 Å². The van der Waals surface area contributed by atoms with Crippen molar-refractivity contribution < 1.29 is 9.59 Å². The molecule has 0 radical (unpaired) electrons.